The minimum Gasteiger partial charge on any atom is -0.382 e. The second-order valence-electron chi connectivity index (χ2n) is 9.92. The summed E-state index contributed by atoms with van der Waals surface area (Å²) in [6, 6.07) is 1.18. The summed E-state index contributed by atoms with van der Waals surface area (Å²) in [5.41, 5.74) is -2.43. The molecule has 1 aliphatic rings. The van der Waals surface area contributed by atoms with Gasteiger partial charge < -0.3 is 19.1 Å². The molecule has 1 fully saturated rings. The van der Waals surface area contributed by atoms with Gasteiger partial charge in [0.1, 0.15) is 12.2 Å². The molecule has 1 aliphatic heterocycles. The van der Waals surface area contributed by atoms with Gasteiger partial charge in [-0.1, -0.05) is 20.8 Å². The summed E-state index contributed by atoms with van der Waals surface area (Å²) in [5, 5.41) is 0. The van der Waals surface area contributed by atoms with Crippen LogP contribution in [0.15, 0.2) is 21.9 Å². The van der Waals surface area contributed by atoms with Crippen molar-refractivity contribution in [3.05, 3.63) is 33.1 Å². The number of hydrogen-bond donors (Lipinski definition) is 2. The molecule has 32 heavy (non-hydrogen) atoms. The molecule has 0 bridgehead atoms. The third kappa shape index (κ3) is 7.91. The Labute approximate surface area is 187 Å². The van der Waals surface area contributed by atoms with Crippen molar-refractivity contribution in [1.82, 2.24) is 9.55 Å². The van der Waals surface area contributed by atoms with Crippen LogP contribution < -0.4 is 11.2 Å². The molecular formula is C20H35N2O9P. The molecule has 1 aromatic heterocycles. The number of aromatic amines is 1. The van der Waals surface area contributed by atoms with Gasteiger partial charge in [0.2, 0.25) is 0 Å². The average Bonchev–Trinajstić information content (AvgIpc) is 2.88. The summed E-state index contributed by atoms with van der Waals surface area (Å²) in [5.74, 6) is 0. The van der Waals surface area contributed by atoms with Crippen molar-refractivity contribution < 1.29 is 32.7 Å². The number of phosphoric ester groups is 1. The van der Waals surface area contributed by atoms with Crippen LogP contribution in [-0.2, 0) is 27.8 Å². The molecule has 2 heterocycles. The van der Waals surface area contributed by atoms with Crippen molar-refractivity contribution >= 4 is 7.82 Å². The third-order valence-electron chi connectivity index (χ3n) is 4.47. The Morgan fingerprint density at radius 2 is 1.81 bits per heavy atom. The summed E-state index contributed by atoms with van der Waals surface area (Å²) >= 11 is 0. The van der Waals surface area contributed by atoms with Crippen LogP contribution in [0.1, 0.15) is 54.2 Å². The van der Waals surface area contributed by atoms with Crippen molar-refractivity contribution in [3.8, 4) is 0 Å². The number of H-pyrrole nitrogens is 1. The maximum atomic E-state index is 12.8. The van der Waals surface area contributed by atoms with Crippen LogP contribution in [0.4, 0.5) is 0 Å². The predicted octanol–water partition coefficient (Wildman–Crippen LogP) is 2.20. The van der Waals surface area contributed by atoms with E-state index in [0.717, 1.165) is 0 Å². The molecule has 2 N–H and O–H groups in total. The number of methoxy groups -OCH3 is 1. The van der Waals surface area contributed by atoms with Crippen molar-refractivity contribution in [1.29, 1.82) is 0 Å². The fourth-order valence-corrected chi connectivity index (χ4v) is 4.72. The number of rotatable bonds is 9. The van der Waals surface area contributed by atoms with Crippen LogP contribution in [0.3, 0.4) is 0 Å². The van der Waals surface area contributed by atoms with Crippen LogP contribution in [0.2, 0.25) is 0 Å². The number of nitrogens with zero attached hydrogens (tertiary/aromatic N) is 1. The number of ether oxygens (including phenoxy) is 3. The van der Waals surface area contributed by atoms with E-state index in [1.54, 1.807) is 20.8 Å². The van der Waals surface area contributed by atoms with Gasteiger partial charge in [-0.3, -0.25) is 23.4 Å². The van der Waals surface area contributed by atoms with E-state index in [0.29, 0.717) is 6.42 Å². The van der Waals surface area contributed by atoms with Crippen molar-refractivity contribution in [3.63, 3.8) is 0 Å². The SMILES string of the molecule is COCCOC1[C@@H](OP(=O)(O)OC(C)(C)C)[C@@H](CC(C)(C)C)O[C@H]1n1ccc(=O)[nH]c1=O. The van der Waals surface area contributed by atoms with Crippen LogP contribution in [-0.4, -0.2) is 58.7 Å². The largest absolute Gasteiger partial charge is 0.473 e. The smallest absolute Gasteiger partial charge is 0.382 e. The molecule has 0 aromatic carbocycles. The van der Waals surface area contributed by atoms with E-state index in [2.05, 4.69) is 4.98 Å². The lowest BCUT2D eigenvalue weighted by molar-refractivity contribution is -0.0816. The van der Waals surface area contributed by atoms with E-state index in [1.807, 2.05) is 20.8 Å². The van der Waals surface area contributed by atoms with Gasteiger partial charge in [-0.25, -0.2) is 9.36 Å². The first-order valence-electron chi connectivity index (χ1n) is 10.4. The van der Waals surface area contributed by atoms with Gasteiger partial charge in [0.15, 0.2) is 6.23 Å². The predicted molar refractivity (Wildman–Crippen MR) is 116 cm³/mol. The van der Waals surface area contributed by atoms with Gasteiger partial charge >= 0.3 is 13.5 Å². The Hall–Kier alpha value is -1.33. The fourth-order valence-electron chi connectivity index (χ4n) is 3.42. The fraction of sp³-hybridized carbons (Fsp3) is 0.800. The highest BCUT2D eigenvalue weighted by atomic mass is 31.2. The summed E-state index contributed by atoms with van der Waals surface area (Å²) in [7, 11) is -3.01. The molecule has 12 heteroatoms. The Morgan fingerprint density at radius 1 is 1.16 bits per heavy atom. The van der Waals surface area contributed by atoms with Gasteiger partial charge in [-0.05, 0) is 32.6 Å². The standard InChI is InChI=1S/C20H35N2O9P/c1-19(2,3)12-13-15(30-32(25,26)31-20(4,5)6)16(28-11-10-27-7)17(29-13)22-9-8-14(23)21-18(22)24/h8-9,13,15-17H,10-12H2,1-7H3,(H,25,26)(H,21,23,24)/t13-,15+,16?,17-/m1/s1. The molecule has 0 spiro atoms. The van der Waals surface area contributed by atoms with E-state index in [4.69, 9.17) is 23.3 Å². The molecule has 11 nitrogen and oxygen atoms in total. The first-order valence-corrected chi connectivity index (χ1v) is 11.9. The summed E-state index contributed by atoms with van der Waals surface area (Å²) in [4.78, 5) is 36.6. The van der Waals surface area contributed by atoms with Crippen molar-refractivity contribution in [2.24, 2.45) is 5.41 Å². The minimum atomic E-state index is -4.52. The van der Waals surface area contributed by atoms with Crippen molar-refractivity contribution in [2.45, 2.75) is 78.1 Å². The summed E-state index contributed by atoms with van der Waals surface area (Å²) in [6.45, 7) is 11.2. The average molecular weight is 478 g/mol. The van der Waals surface area contributed by atoms with Crippen LogP contribution in [0.25, 0.3) is 0 Å². The van der Waals surface area contributed by atoms with Crippen LogP contribution in [0.5, 0.6) is 0 Å². The highest BCUT2D eigenvalue weighted by Crippen LogP contribution is 2.52. The second-order valence-corrected chi connectivity index (χ2v) is 11.2. The molecule has 1 saturated heterocycles. The van der Waals surface area contributed by atoms with Gasteiger partial charge in [-0.2, -0.15) is 0 Å². The Balaban J connectivity index is 2.47. The van der Waals surface area contributed by atoms with E-state index in [9.17, 15) is 19.0 Å². The van der Waals surface area contributed by atoms with Crippen LogP contribution >= 0.6 is 7.82 Å². The first kappa shape index (κ1) is 26.9. The summed E-state index contributed by atoms with van der Waals surface area (Å²) in [6.07, 6.45) is -1.97. The topological polar surface area (TPSA) is 138 Å². The van der Waals surface area contributed by atoms with Gasteiger partial charge in [0, 0.05) is 19.4 Å². The molecule has 0 saturated carbocycles. The van der Waals surface area contributed by atoms with Crippen molar-refractivity contribution in [2.75, 3.05) is 20.3 Å². The maximum Gasteiger partial charge on any atom is 0.473 e. The zero-order chi connectivity index (χ0) is 24.3. The quantitative estimate of drug-likeness (QED) is 0.404. The Kier molecular flexibility index (Phi) is 8.66. The van der Waals surface area contributed by atoms with E-state index >= 15 is 0 Å². The number of hydrogen-bond acceptors (Lipinski definition) is 8. The summed E-state index contributed by atoms with van der Waals surface area (Å²) < 4.78 is 41.9. The second kappa shape index (κ2) is 10.3. The lowest BCUT2D eigenvalue weighted by Crippen LogP contribution is -2.41. The maximum absolute atomic E-state index is 12.8. The van der Waals surface area contributed by atoms with Gasteiger partial charge in [0.25, 0.3) is 5.56 Å². The Bertz CT molecular complexity index is 915. The highest BCUT2D eigenvalue weighted by molar-refractivity contribution is 7.47. The zero-order valence-electron chi connectivity index (χ0n) is 19.7. The van der Waals surface area contributed by atoms with Gasteiger partial charge in [-0.15, -0.1) is 0 Å². The molecule has 1 aromatic rings. The number of aromatic nitrogens is 2. The normalized spacial score (nSPS) is 26.2. The van der Waals surface area contributed by atoms with E-state index in [1.165, 1.54) is 23.9 Å². The highest BCUT2D eigenvalue weighted by Gasteiger charge is 2.51. The zero-order valence-corrected chi connectivity index (χ0v) is 20.6. The molecule has 2 rings (SSSR count). The lowest BCUT2D eigenvalue weighted by atomic mass is 9.87. The Morgan fingerprint density at radius 3 is 2.34 bits per heavy atom. The molecular weight excluding hydrogens is 443 g/mol. The molecule has 0 amide bonds. The number of nitrogens with one attached hydrogen (secondary N) is 1. The molecule has 0 radical (unpaired) electrons. The molecule has 0 aliphatic carbocycles. The lowest BCUT2D eigenvalue weighted by Gasteiger charge is -2.31. The monoisotopic (exact) mass is 478 g/mol. The van der Waals surface area contributed by atoms with E-state index < -0.39 is 49.2 Å². The van der Waals surface area contributed by atoms with E-state index in [-0.39, 0.29) is 18.6 Å². The third-order valence-corrected chi connectivity index (χ3v) is 5.75. The molecule has 184 valence electrons. The minimum absolute atomic E-state index is 0.122. The van der Waals surface area contributed by atoms with Gasteiger partial charge in [0.05, 0.1) is 24.9 Å². The molecule has 5 atom stereocenters. The van der Waals surface area contributed by atoms with Crippen LogP contribution in [0, 0.1) is 5.41 Å². The molecule has 2 unspecified atom stereocenters. The first-order chi connectivity index (χ1) is 14.6. The number of phosphoric acid groups is 1.